The Morgan fingerprint density at radius 2 is 1.40 bits per heavy atom. The Kier molecular flexibility index (Phi) is 31.2. The lowest BCUT2D eigenvalue weighted by Gasteiger charge is -2.24. The number of ketones is 1. The molecule has 58 heavy (non-hydrogen) atoms. The fourth-order valence-electron chi connectivity index (χ4n) is 6.67. The van der Waals surface area contributed by atoms with Crippen molar-refractivity contribution in [2.75, 3.05) is 47.5 Å². The first-order chi connectivity index (χ1) is 27.8. The molecule has 3 N–H and O–H groups in total. The molecule has 1 fully saturated rings. The van der Waals surface area contributed by atoms with Crippen molar-refractivity contribution in [2.45, 2.75) is 173 Å². The molecule has 12 heteroatoms. The maximum atomic E-state index is 12.8. The zero-order valence-electron chi connectivity index (χ0n) is 37.0. The highest BCUT2D eigenvalue weighted by atomic mass is 31.2. The third-order valence-corrected chi connectivity index (χ3v) is 11.3. The van der Waals surface area contributed by atoms with Crippen LogP contribution in [0, 0.1) is 11.8 Å². The topological polar surface area (TPSA) is 149 Å². The molecule has 0 saturated heterocycles. The smallest absolute Gasteiger partial charge is 0.472 e. The molecule has 0 heterocycles. The molecule has 0 radical (unpaired) electrons. The first-order valence-corrected chi connectivity index (χ1v) is 24.0. The van der Waals surface area contributed by atoms with E-state index in [0.29, 0.717) is 36.7 Å². The van der Waals surface area contributed by atoms with Gasteiger partial charge in [-0.25, -0.2) is 4.57 Å². The molecule has 0 aromatic rings. The van der Waals surface area contributed by atoms with E-state index in [9.17, 15) is 29.3 Å². The van der Waals surface area contributed by atoms with Crippen LogP contribution in [-0.2, 0) is 32.7 Å². The second-order valence-electron chi connectivity index (χ2n) is 16.9. The SMILES string of the molecule is CCCCCCCC/C=C\CCCCCC/C=C/OC[C@H](COP(=O)(O)OCC[N+](C)(C)C)OC(=O)CCC/C=C\C[C@H]1C(=O)C[C@@H](O)[C@@H]1/C=C/[C@@H](O)CCCCC. The number of quaternary nitrogens is 1. The number of likely N-dealkylation sites (N-methyl/N-ethyl adjacent to an activating group) is 1. The van der Waals surface area contributed by atoms with Gasteiger partial charge in [0.15, 0.2) is 6.10 Å². The number of unbranched alkanes of at least 4 members (excludes halogenated alkanes) is 14. The number of esters is 1. The number of phosphoric ester groups is 1. The number of ether oxygens (including phenoxy) is 2. The van der Waals surface area contributed by atoms with Gasteiger partial charge in [0.1, 0.15) is 25.5 Å². The number of carbonyl (C=O) groups is 2. The summed E-state index contributed by atoms with van der Waals surface area (Å²) in [5, 5.41) is 20.7. The van der Waals surface area contributed by atoms with E-state index in [-0.39, 0.29) is 50.3 Å². The van der Waals surface area contributed by atoms with Crippen molar-refractivity contribution in [1.29, 1.82) is 0 Å². The van der Waals surface area contributed by atoms with E-state index in [1.54, 1.807) is 18.4 Å². The molecular weight excluding hydrogens is 757 g/mol. The quantitative estimate of drug-likeness (QED) is 0.0138. The minimum atomic E-state index is -4.37. The summed E-state index contributed by atoms with van der Waals surface area (Å²) in [7, 11) is 1.46. The average molecular weight is 841 g/mol. The highest BCUT2D eigenvalue weighted by molar-refractivity contribution is 7.47. The number of allylic oxidation sites excluding steroid dienone is 5. The number of carbonyl (C=O) groups excluding carboxylic acids is 2. The van der Waals surface area contributed by atoms with Crippen molar-refractivity contribution >= 4 is 19.6 Å². The second kappa shape index (κ2) is 33.6. The van der Waals surface area contributed by atoms with E-state index in [1.165, 1.54) is 57.8 Å². The molecular formula is C46H83NO10P+. The highest BCUT2D eigenvalue weighted by Gasteiger charge is 2.39. The van der Waals surface area contributed by atoms with Crippen LogP contribution < -0.4 is 0 Å². The predicted molar refractivity (Wildman–Crippen MR) is 234 cm³/mol. The lowest BCUT2D eigenvalue weighted by Crippen LogP contribution is -2.37. The van der Waals surface area contributed by atoms with Crippen molar-refractivity contribution in [3.63, 3.8) is 0 Å². The number of phosphoric acid groups is 1. The number of aliphatic hydroxyl groups excluding tert-OH is 2. The average Bonchev–Trinajstić information content (AvgIpc) is 3.43. The van der Waals surface area contributed by atoms with Crippen LogP contribution in [0.1, 0.15) is 155 Å². The van der Waals surface area contributed by atoms with Gasteiger partial charge in [-0.2, -0.15) is 0 Å². The highest BCUT2D eigenvalue weighted by Crippen LogP contribution is 2.43. The summed E-state index contributed by atoms with van der Waals surface area (Å²) >= 11 is 0. The van der Waals surface area contributed by atoms with Gasteiger partial charge in [0.2, 0.25) is 0 Å². The van der Waals surface area contributed by atoms with E-state index in [4.69, 9.17) is 18.5 Å². The molecule has 0 bridgehead atoms. The molecule has 1 rings (SSSR count). The number of aliphatic hydroxyl groups is 2. The molecule has 6 atom stereocenters. The molecule has 1 aliphatic carbocycles. The summed E-state index contributed by atoms with van der Waals surface area (Å²) in [6.07, 6.45) is 34.5. The van der Waals surface area contributed by atoms with Gasteiger partial charge in [-0.3, -0.25) is 18.6 Å². The largest absolute Gasteiger partial charge is 0.498 e. The van der Waals surface area contributed by atoms with Gasteiger partial charge in [0.05, 0.1) is 46.2 Å². The monoisotopic (exact) mass is 841 g/mol. The minimum absolute atomic E-state index is 0.0139. The molecule has 0 aliphatic heterocycles. The molecule has 11 nitrogen and oxygen atoms in total. The number of rotatable bonds is 37. The molecule has 0 spiro atoms. The molecule has 0 amide bonds. The van der Waals surface area contributed by atoms with E-state index in [0.717, 1.165) is 44.9 Å². The Hall–Kier alpha value is -2.11. The van der Waals surface area contributed by atoms with Gasteiger partial charge in [-0.05, 0) is 70.3 Å². The Morgan fingerprint density at radius 1 is 0.810 bits per heavy atom. The van der Waals surface area contributed by atoms with Gasteiger partial charge in [0, 0.05) is 24.7 Å². The van der Waals surface area contributed by atoms with Gasteiger partial charge < -0.3 is 29.1 Å². The number of hydrogen-bond donors (Lipinski definition) is 3. The molecule has 0 aromatic carbocycles. The Balaban J connectivity index is 2.49. The summed E-state index contributed by atoms with van der Waals surface area (Å²) in [4.78, 5) is 35.6. The Labute approximate surface area is 352 Å². The van der Waals surface area contributed by atoms with Gasteiger partial charge in [-0.15, -0.1) is 0 Å². The fraction of sp³-hybridized carbons (Fsp3) is 0.783. The first kappa shape index (κ1) is 53.9. The van der Waals surface area contributed by atoms with Crippen LogP contribution in [0.25, 0.3) is 0 Å². The van der Waals surface area contributed by atoms with Crippen LogP contribution in [0.15, 0.2) is 48.8 Å². The van der Waals surface area contributed by atoms with Crippen molar-refractivity contribution in [2.24, 2.45) is 11.8 Å². The van der Waals surface area contributed by atoms with Crippen LogP contribution in [0.5, 0.6) is 0 Å². The third kappa shape index (κ3) is 30.0. The van der Waals surface area contributed by atoms with E-state index < -0.39 is 32.1 Å². The lowest BCUT2D eigenvalue weighted by atomic mass is 9.90. The van der Waals surface area contributed by atoms with Gasteiger partial charge in [-0.1, -0.05) is 115 Å². The normalized spacial score (nSPS) is 19.9. The van der Waals surface area contributed by atoms with Crippen molar-refractivity contribution < 1.29 is 52.3 Å². The molecule has 1 aliphatic rings. The van der Waals surface area contributed by atoms with E-state index in [2.05, 4.69) is 26.0 Å². The second-order valence-corrected chi connectivity index (χ2v) is 18.4. The maximum absolute atomic E-state index is 12.8. The summed E-state index contributed by atoms with van der Waals surface area (Å²) in [5.74, 6) is -1.15. The van der Waals surface area contributed by atoms with Crippen LogP contribution in [0.4, 0.5) is 0 Å². The van der Waals surface area contributed by atoms with Crippen molar-refractivity contribution in [3.05, 3.63) is 48.8 Å². The maximum Gasteiger partial charge on any atom is 0.472 e. The lowest BCUT2D eigenvalue weighted by molar-refractivity contribution is -0.870. The van der Waals surface area contributed by atoms with Crippen LogP contribution in [0.2, 0.25) is 0 Å². The molecule has 336 valence electrons. The van der Waals surface area contributed by atoms with Crippen LogP contribution in [0.3, 0.4) is 0 Å². The zero-order valence-corrected chi connectivity index (χ0v) is 37.9. The zero-order chi connectivity index (χ0) is 42.9. The van der Waals surface area contributed by atoms with Gasteiger partial charge in [0.25, 0.3) is 0 Å². The first-order valence-electron chi connectivity index (χ1n) is 22.5. The summed E-state index contributed by atoms with van der Waals surface area (Å²) < 4.78 is 34.6. The molecule has 1 saturated carbocycles. The molecule has 1 unspecified atom stereocenters. The van der Waals surface area contributed by atoms with Crippen molar-refractivity contribution in [1.82, 2.24) is 0 Å². The summed E-state index contributed by atoms with van der Waals surface area (Å²) in [6.45, 7) is 4.49. The van der Waals surface area contributed by atoms with E-state index in [1.807, 2.05) is 39.4 Å². The Bertz CT molecular complexity index is 1230. The summed E-state index contributed by atoms with van der Waals surface area (Å²) in [5.41, 5.74) is 0. The number of Topliss-reactive ketones (excluding diaryl/α,β-unsaturated/α-hetero) is 1. The predicted octanol–water partition coefficient (Wildman–Crippen LogP) is 10.1. The minimum Gasteiger partial charge on any atom is -0.498 e. The van der Waals surface area contributed by atoms with E-state index >= 15 is 0 Å². The van der Waals surface area contributed by atoms with Gasteiger partial charge >= 0.3 is 13.8 Å². The summed E-state index contributed by atoms with van der Waals surface area (Å²) in [6, 6.07) is 0. The fourth-order valence-corrected chi connectivity index (χ4v) is 7.41. The third-order valence-electron chi connectivity index (χ3n) is 10.3. The molecule has 0 aromatic heterocycles. The Morgan fingerprint density at radius 3 is 2.05 bits per heavy atom. The van der Waals surface area contributed by atoms with Crippen LogP contribution >= 0.6 is 7.82 Å². The van der Waals surface area contributed by atoms with Crippen LogP contribution in [-0.4, -0.2) is 97.2 Å². The number of hydrogen-bond acceptors (Lipinski definition) is 9. The van der Waals surface area contributed by atoms with Crippen molar-refractivity contribution in [3.8, 4) is 0 Å². The number of nitrogens with zero attached hydrogens (tertiary/aromatic N) is 1. The standard InChI is InChI=1S/C46H82NO10P/c1-6-8-10-11-12-13-14-15-16-17-18-19-20-21-24-28-35-54-38-41(39-56-58(52,53)55-36-34-47(3,4)5)57-46(51)31-27-23-22-26-30-42-43(45(50)37-44(42)49)33-32-40(48)29-25-9-7-2/h15-16,22,26,28,32-33,35,40-43,45,48,50H,6-14,17-21,23-25,27,29-31,34,36-39H2,1-5H3/p+1/b16-15-,26-22-,33-32+,35-28+/t40-,41+,42+,43+,45+/m0/s1.